The molecule has 0 unspecified atom stereocenters. The minimum absolute atomic E-state index is 0.00921. The van der Waals surface area contributed by atoms with Gasteiger partial charge in [-0.3, -0.25) is 10.6 Å². The summed E-state index contributed by atoms with van der Waals surface area (Å²) in [7, 11) is 0. The van der Waals surface area contributed by atoms with Crippen LogP contribution in [-0.4, -0.2) is 45.3 Å². The van der Waals surface area contributed by atoms with E-state index in [1.807, 2.05) is 0 Å². The third-order valence-corrected chi connectivity index (χ3v) is 4.26. The Morgan fingerprint density at radius 1 is 1.23 bits per heavy atom. The van der Waals surface area contributed by atoms with E-state index in [2.05, 4.69) is 20.6 Å². The molecule has 0 radical (unpaired) electrons. The Labute approximate surface area is 171 Å². The number of nitrogens with zero attached hydrogens (tertiary/aromatic N) is 2. The normalized spacial score (nSPS) is 10.8. The number of amides is 1. The fourth-order valence-corrected chi connectivity index (χ4v) is 2.76. The molecule has 9 nitrogen and oxygen atoms in total. The highest BCUT2D eigenvalue weighted by Crippen LogP contribution is 2.28. The van der Waals surface area contributed by atoms with E-state index in [0.717, 1.165) is 18.2 Å². The molecule has 2 aromatic carbocycles. The van der Waals surface area contributed by atoms with E-state index in [1.165, 1.54) is 0 Å². The van der Waals surface area contributed by atoms with E-state index in [0.29, 0.717) is 11.1 Å². The summed E-state index contributed by atoms with van der Waals surface area (Å²) in [5, 5.41) is 31.8. The van der Waals surface area contributed by atoms with Gasteiger partial charge in [0.05, 0.1) is 16.2 Å². The average molecular weight is 443 g/mol. The number of rotatable bonds is 6. The van der Waals surface area contributed by atoms with Crippen molar-refractivity contribution in [3.05, 3.63) is 52.3 Å². The second-order valence-electron chi connectivity index (χ2n) is 5.95. The van der Waals surface area contributed by atoms with Crippen LogP contribution in [0.1, 0.15) is 5.56 Å². The zero-order valence-corrected chi connectivity index (χ0v) is 15.7. The minimum atomic E-state index is -1.31. The van der Waals surface area contributed by atoms with E-state index in [4.69, 9.17) is 22.1 Å². The Bertz CT molecular complexity index is 1140. The molecule has 0 aliphatic carbocycles. The average Bonchev–Trinajstić information content (AvgIpc) is 3.13. The minimum Gasteiger partial charge on any atom is -0.465 e. The Morgan fingerprint density at radius 2 is 1.97 bits per heavy atom. The Morgan fingerprint density at radius 3 is 2.63 bits per heavy atom. The molecule has 0 fully saturated rings. The maximum Gasteiger partial charge on any atom is 0.404 e. The number of imidazole rings is 1. The van der Waals surface area contributed by atoms with Crippen molar-refractivity contribution >= 4 is 46.2 Å². The number of hydroxylamine groups is 1. The van der Waals surface area contributed by atoms with E-state index in [9.17, 15) is 23.2 Å². The van der Waals surface area contributed by atoms with Gasteiger partial charge in [0.25, 0.3) is 0 Å². The number of aromatic nitrogens is 2. The van der Waals surface area contributed by atoms with Gasteiger partial charge >= 0.3 is 6.09 Å². The molecule has 1 heterocycles. The molecule has 0 atom stereocenters. The maximum absolute atomic E-state index is 14.2. The third kappa shape index (κ3) is 4.23. The Kier molecular flexibility index (Phi) is 5.99. The lowest BCUT2D eigenvalue weighted by atomic mass is 10.1. The molecule has 0 bridgehead atoms. The number of hydrogen-bond acceptors (Lipinski definition) is 5. The molecule has 30 heavy (non-hydrogen) atoms. The summed E-state index contributed by atoms with van der Waals surface area (Å²) in [5.74, 6) is -3.99. The molecule has 13 heteroatoms. The summed E-state index contributed by atoms with van der Waals surface area (Å²) >= 11 is 5.67. The predicted molar refractivity (Wildman–Crippen MR) is 103 cm³/mol. The first-order valence-corrected chi connectivity index (χ1v) is 8.68. The number of hydrogen-bond donors (Lipinski definition) is 6. The van der Waals surface area contributed by atoms with E-state index in [1.54, 1.807) is 0 Å². The molecular weight excluding hydrogens is 429 g/mol. The van der Waals surface area contributed by atoms with Gasteiger partial charge in [-0.05, 0) is 24.3 Å². The number of amidine groups is 1. The van der Waals surface area contributed by atoms with Crippen LogP contribution in [0.3, 0.4) is 0 Å². The number of benzene rings is 2. The molecule has 0 spiro atoms. The van der Waals surface area contributed by atoms with Crippen LogP contribution in [0.15, 0.2) is 24.3 Å². The number of nitrogens with one attached hydrogen (secondary N) is 4. The van der Waals surface area contributed by atoms with E-state index < -0.39 is 34.9 Å². The number of halogens is 4. The molecule has 1 amide bonds. The molecule has 0 aliphatic heterocycles. The van der Waals surface area contributed by atoms with Crippen LogP contribution >= 0.6 is 11.6 Å². The van der Waals surface area contributed by atoms with Gasteiger partial charge in [0.15, 0.2) is 17.5 Å². The molecule has 158 valence electrons. The third-order valence-electron chi connectivity index (χ3n) is 3.97. The number of carbonyl (C=O) groups is 1. The van der Waals surface area contributed by atoms with Crippen molar-refractivity contribution < 1.29 is 28.3 Å². The van der Waals surface area contributed by atoms with Crippen LogP contribution in [0.2, 0.25) is 5.02 Å². The maximum atomic E-state index is 14.2. The number of anilines is 2. The second kappa shape index (κ2) is 8.47. The highest BCUT2D eigenvalue weighted by molar-refractivity contribution is 6.31. The monoisotopic (exact) mass is 442 g/mol. The van der Waals surface area contributed by atoms with Gasteiger partial charge in [-0.2, -0.15) is 0 Å². The smallest absolute Gasteiger partial charge is 0.404 e. The number of aromatic amines is 1. The standard InChI is InChI=1S/C17H14ClF3N6O3/c18-9-5-7(1-2-10(9)19)27(30)15(22)8-6-11(20)12(21)14-13(8)25-16(26-14)23-3-4-24-17(28)29/h1-2,5-6,22,24,30H,3-4H2,(H,28,29)(H2,23,25,26). The lowest BCUT2D eigenvalue weighted by Crippen LogP contribution is -2.27. The molecular formula is C17H14ClF3N6O3. The number of fused-ring (bicyclic) bond motifs is 1. The van der Waals surface area contributed by atoms with E-state index >= 15 is 0 Å². The zero-order chi connectivity index (χ0) is 22.0. The summed E-state index contributed by atoms with van der Waals surface area (Å²) in [6.45, 7) is 0.102. The Balaban J connectivity index is 1.94. The van der Waals surface area contributed by atoms with Crippen LogP contribution in [0, 0.1) is 22.9 Å². The summed E-state index contributed by atoms with van der Waals surface area (Å²) in [4.78, 5) is 17.0. The predicted octanol–water partition coefficient (Wildman–Crippen LogP) is 3.53. The van der Waals surface area contributed by atoms with Gasteiger partial charge < -0.3 is 20.7 Å². The van der Waals surface area contributed by atoms with Gasteiger partial charge in [0.1, 0.15) is 11.3 Å². The van der Waals surface area contributed by atoms with Crippen LogP contribution in [0.4, 0.5) is 29.6 Å². The fraction of sp³-hybridized carbons (Fsp3) is 0.118. The lowest BCUT2D eigenvalue weighted by molar-refractivity contribution is 0.195. The van der Waals surface area contributed by atoms with Crippen LogP contribution in [0.25, 0.3) is 11.0 Å². The second-order valence-corrected chi connectivity index (χ2v) is 6.35. The zero-order valence-electron chi connectivity index (χ0n) is 14.9. The fourth-order valence-electron chi connectivity index (χ4n) is 2.58. The van der Waals surface area contributed by atoms with Crippen molar-refractivity contribution in [2.75, 3.05) is 23.5 Å². The van der Waals surface area contributed by atoms with Gasteiger partial charge in [-0.1, -0.05) is 11.6 Å². The van der Waals surface area contributed by atoms with Gasteiger partial charge in [0.2, 0.25) is 5.95 Å². The van der Waals surface area contributed by atoms with Crippen molar-refractivity contribution in [2.24, 2.45) is 0 Å². The molecule has 3 aromatic rings. The summed E-state index contributed by atoms with van der Waals surface area (Å²) in [6.07, 6.45) is -1.23. The SMILES string of the molecule is N=C(c1cc(F)c(F)c2nc(NCCNC(=O)O)[nH]c12)N(O)c1ccc(F)c(Cl)c1. The lowest BCUT2D eigenvalue weighted by Gasteiger charge is -2.18. The number of carboxylic acid groups (broad SMARTS) is 1. The summed E-state index contributed by atoms with van der Waals surface area (Å²) in [6, 6.07) is 3.86. The van der Waals surface area contributed by atoms with Crippen molar-refractivity contribution in [3.8, 4) is 0 Å². The van der Waals surface area contributed by atoms with Gasteiger partial charge in [-0.15, -0.1) is 0 Å². The quantitative estimate of drug-likeness (QED) is 0.149. The first-order chi connectivity index (χ1) is 14.2. The van der Waals surface area contributed by atoms with Crippen molar-refractivity contribution in [1.29, 1.82) is 5.41 Å². The van der Waals surface area contributed by atoms with Crippen LogP contribution in [0.5, 0.6) is 0 Å². The Hall–Kier alpha value is -3.51. The first-order valence-electron chi connectivity index (χ1n) is 8.30. The molecule has 0 aliphatic rings. The van der Waals surface area contributed by atoms with Gasteiger partial charge in [0, 0.05) is 18.7 Å². The summed E-state index contributed by atoms with van der Waals surface area (Å²) in [5.41, 5.74) is -0.855. The van der Waals surface area contributed by atoms with Crippen molar-refractivity contribution in [1.82, 2.24) is 15.3 Å². The van der Waals surface area contributed by atoms with Crippen LogP contribution in [-0.2, 0) is 0 Å². The first kappa shape index (κ1) is 21.2. The molecule has 1 aromatic heterocycles. The van der Waals surface area contributed by atoms with Gasteiger partial charge in [-0.25, -0.2) is 28.0 Å². The highest BCUT2D eigenvalue weighted by Gasteiger charge is 2.22. The highest BCUT2D eigenvalue weighted by atomic mass is 35.5. The van der Waals surface area contributed by atoms with Crippen molar-refractivity contribution in [2.45, 2.75) is 0 Å². The molecule has 0 saturated heterocycles. The molecule has 0 saturated carbocycles. The molecule has 6 N–H and O–H groups in total. The molecule has 3 rings (SSSR count). The summed E-state index contributed by atoms with van der Waals surface area (Å²) < 4.78 is 41.6. The van der Waals surface area contributed by atoms with Crippen LogP contribution < -0.4 is 15.7 Å². The topological polar surface area (TPSA) is 137 Å². The largest absolute Gasteiger partial charge is 0.465 e. The van der Waals surface area contributed by atoms with Crippen molar-refractivity contribution in [3.63, 3.8) is 0 Å². The van der Waals surface area contributed by atoms with E-state index in [-0.39, 0.29) is 40.8 Å². The number of H-pyrrole nitrogens is 1.